The fourth-order valence-corrected chi connectivity index (χ4v) is 3.81. The van der Waals surface area contributed by atoms with E-state index >= 15 is 0 Å². The molecule has 0 fully saturated rings. The van der Waals surface area contributed by atoms with E-state index in [1.54, 1.807) is 7.11 Å². The number of nitrogens with zero attached hydrogens (tertiary/aromatic N) is 2. The van der Waals surface area contributed by atoms with E-state index in [2.05, 4.69) is 33.7 Å². The summed E-state index contributed by atoms with van der Waals surface area (Å²) >= 11 is 1.22. The van der Waals surface area contributed by atoms with Gasteiger partial charge in [-0.05, 0) is 47.5 Å². The summed E-state index contributed by atoms with van der Waals surface area (Å²) in [6, 6.07) is 21.5. The number of rotatable bonds is 7. The fourth-order valence-electron chi connectivity index (χ4n) is 3.23. The van der Waals surface area contributed by atoms with Crippen LogP contribution in [0.15, 0.2) is 76.4 Å². The summed E-state index contributed by atoms with van der Waals surface area (Å²) in [5.74, 6) is 1.26. The van der Waals surface area contributed by atoms with Gasteiger partial charge in [-0.1, -0.05) is 54.2 Å². The zero-order valence-electron chi connectivity index (χ0n) is 16.7. The molecule has 1 aromatic heterocycles. The number of ether oxygens (including phenoxy) is 1. The molecule has 0 saturated heterocycles. The number of amides is 1. The lowest BCUT2D eigenvalue weighted by Gasteiger charge is -2.16. The predicted molar refractivity (Wildman–Crippen MR) is 118 cm³/mol. The summed E-state index contributed by atoms with van der Waals surface area (Å²) < 4.78 is 10.8. The smallest absolute Gasteiger partial charge is 0.277 e. The molecule has 1 atom stereocenters. The summed E-state index contributed by atoms with van der Waals surface area (Å²) in [7, 11) is 1.61. The number of hydrogen-bond donors (Lipinski definition) is 1. The molecule has 7 heteroatoms. The van der Waals surface area contributed by atoms with Gasteiger partial charge in [0.05, 0.1) is 18.9 Å². The number of carbonyl (C=O) groups is 1. The Kier molecular flexibility index (Phi) is 5.99. The first-order valence-corrected chi connectivity index (χ1v) is 10.5. The summed E-state index contributed by atoms with van der Waals surface area (Å²) in [6.07, 6.45) is 0. The Morgan fingerprint density at radius 2 is 1.83 bits per heavy atom. The van der Waals surface area contributed by atoms with Crippen LogP contribution < -0.4 is 10.1 Å². The second-order valence-corrected chi connectivity index (χ2v) is 7.67. The molecule has 0 spiro atoms. The van der Waals surface area contributed by atoms with E-state index in [0.29, 0.717) is 11.1 Å². The van der Waals surface area contributed by atoms with Crippen LogP contribution in [0.25, 0.3) is 22.2 Å². The van der Waals surface area contributed by atoms with Crippen molar-refractivity contribution in [3.8, 4) is 17.2 Å². The third kappa shape index (κ3) is 4.46. The molecule has 6 nitrogen and oxygen atoms in total. The van der Waals surface area contributed by atoms with Crippen molar-refractivity contribution in [2.45, 2.75) is 18.2 Å². The predicted octanol–water partition coefficient (Wildman–Crippen LogP) is 4.87. The zero-order chi connectivity index (χ0) is 20.9. The van der Waals surface area contributed by atoms with Crippen molar-refractivity contribution in [3.63, 3.8) is 0 Å². The summed E-state index contributed by atoms with van der Waals surface area (Å²) in [5.41, 5.74) is 1.88. The van der Waals surface area contributed by atoms with Gasteiger partial charge in [0.1, 0.15) is 5.75 Å². The number of hydrogen-bond acceptors (Lipinski definition) is 6. The summed E-state index contributed by atoms with van der Waals surface area (Å²) in [6.45, 7) is 1.98. The largest absolute Gasteiger partial charge is 0.497 e. The van der Waals surface area contributed by atoms with Crippen LogP contribution in [0.3, 0.4) is 0 Å². The average molecular weight is 420 g/mol. The minimum Gasteiger partial charge on any atom is -0.497 e. The minimum atomic E-state index is -0.109. The maximum atomic E-state index is 12.4. The van der Waals surface area contributed by atoms with Crippen LogP contribution in [0.4, 0.5) is 0 Å². The first-order chi connectivity index (χ1) is 14.6. The fraction of sp³-hybridized carbons (Fsp3) is 0.174. The molecule has 3 aromatic carbocycles. The van der Waals surface area contributed by atoms with Gasteiger partial charge in [-0.2, -0.15) is 0 Å². The zero-order valence-corrected chi connectivity index (χ0v) is 17.5. The van der Waals surface area contributed by atoms with Gasteiger partial charge in [0.15, 0.2) is 0 Å². The van der Waals surface area contributed by atoms with Gasteiger partial charge in [-0.3, -0.25) is 4.79 Å². The molecule has 0 aliphatic rings. The molecule has 152 valence electrons. The van der Waals surface area contributed by atoms with Crippen molar-refractivity contribution in [2.24, 2.45) is 0 Å². The van der Waals surface area contributed by atoms with Crippen molar-refractivity contribution in [3.05, 3.63) is 72.3 Å². The molecule has 4 aromatic rings. The lowest BCUT2D eigenvalue weighted by Crippen LogP contribution is -2.28. The summed E-state index contributed by atoms with van der Waals surface area (Å²) in [4.78, 5) is 12.4. The molecular weight excluding hydrogens is 398 g/mol. The van der Waals surface area contributed by atoms with Crippen molar-refractivity contribution < 1.29 is 13.9 Å². The van der Waals surface area contributed by atoms with Crippen LogP contribution in [-0.2, 0) is 4.79 Å². The topological polar surface area (TPSA) is 77.2 Å². The van der Waals surface area contributed by atoms with Crippen LogP contribution in [0.1, 0.15) is 18.5 Å². The van der Waals surface area contributed by atoms with Crippen LogP contribution in [0.5, 0.6) is 5.75 Å². The normalized spacial score (nSPS) is 11.9. The highest BCUT2D eigenvalue weighted by Crippen LogP contribution is 2.26. The first kappa shape index (κ1) is 20.0. The molecule has 30 heavy (non-hydrogen) atoms. The second-order valence-electron chi connectivity index (χ2n) is 6.75. The Hall–Kier alpha value is -3.32. The van der Waals surface area contributed by atoms with Gasteiger partial charge in [0.2, 0.25) is 11.8 Å². The van der Waals surface area contributed by atoms with E-state index in [9.17, 15) is 4.79 Å². The number of nitrogens with one attached hydrogen (secondary N) is 1. The molecule has 0 aliphatic heterocycles. The Morgan fingerprint density at radius 3 is 2.63 bits per heavy atom. The molecule has 0 saturated carbocycles. The van der Waals surface area contributed by atoms with Crippen LogP contribution >= 0.6 is 11.8 Å². The lowest BCUT2D eigenvalue weighted by molar-refractivity contribution is -0.119. The monoisotopic (exact) mass is 419 g/mol. The third-order valence-electron chi connectivity index (χ3n) is 4.74. The maximum absolute atomic E-state index is 12.4. The van der Waals surface area contributed by atoms with Gasteiger partial charge in [0.25, 0.3) is 5.22 Å². The third-order valence-corrected chi connectivity index (χ3v) is 5.56. The number of fused-ring (bicyclic) bond motifs is 1. The number of thioether (sulfide) groups is 1. The van der Waals surface area contributed by atoms with Crippen LogP contribution in [0.2, 0.25) is 0 Å². The van der Waals surface area contributed by atoms with Crippen molar-refractivity contribution in [2.75, 3.05) is 12.9 Å². The Morgan fingerprint density at radius 1 is 1.07 bits per heavy atom. The van der Waals surface area contributed by atoms with Crippen molar-refractivity contribution in [1.29, 1.82) is 0 Å². The van der Waals surface area contributed by atoms with Gasteiger partial charge in [0, 0.05) is 5.56 Å². The van der Waals surface area contributed by atoms with Gasteiger partial charge in [-0.25, -0.2) is 0 Å². The van der Waals surface area contributed by atoms with E-state index < -0.39 is 0 Å². The molecule has 0 bridgehead atoms. The lowest BCUT2D eigenvalue weighted by atomic mass is 10.00. The highest BCUT2D eigenvalue weighted by atomic mass is 32.2. The highest BCUT2D eigenvalue weighted by Gasteiger charge is 2.15. The van der Waals surface area contributed by atoms with Gasteiger partial charge < -0.3 is 14.5 Å². The van der Waals surface area contributed by atoms with Crippen LogP contribution in [-0.4, -0.2) is 29.0 Å². The number of methoxy groups -OCH3 is 1. The van der Waals surface area contributed by atoms with Gasteiger partial charge >= 0.3 is 0 Å². The molecule has 1 heterocycles. The molecule has 0 aliphatic carbocycles. The molecule has 1 amide bonds. The standard InChI is InChI=1S/C23H21N3O3S/c1-15(19-9-5-7-16-6-3-4-8-20(16)19)24-21(27)14-30-23-26-25-22(29-23)17-10-12-18(28-2)13-11-17/h3-13,15H,14H2,1-2H3,(H,24,27). The van der Waals surface area contributed by atoms with Crippen molar-refractivity contribution >= 4 is 28.4 Å². The van der Waals surface area contributed by atoms with Crippen molar-refractivity contribution in [1.82, 2.24) is 15.5 Å². The molecular formula is C23H21N3O3S. The quantitative estimate of drug-likeness (QED) is 0.431. The first-order valence-electron chi connectivity index (χ1n) is 9.52. The Balaban J connectivity index is 1.36. The molecule has 1 unspecified atom stereocenters. The van der Waals surface area contributed by atoms with Gasteiger partial charge in [-0.15, -0.1) is 10.2 Å². The Bertz CT molecular complexity index is 1150. The SMILES string of the molecule is COc1ccc(-c2nnc(SCC(=O)NC(C)c3cccc4ccccc34)o2)cc1. The Labute approximate surface area is 178 Å². The van der Waals surface area contributed by atoms with Crippen LogP contribution in [0, 0.1) is 0 Å². The number of carbonyl (C=O) groups excluding carboxylic acids is 1. The molecule has 0 radical (unpaired) electrons. The molecule has 4 rings (SSSR count). The van der Waals surface area contributed by atoms with E-state index in [1.165, 1.54) is 11.8 Å². The van der Waals surface area contributed by atoms with E-state index in [1.807, 2.05) is 55.5 Å². The highest BCUT2D eigenvalue weighted by molar-refractivity contribution is 7.99. The molecule has 1 N–H and O–H groups in total. The summed E-state index contributed by atoms with van der Waals surface area (Å²) in [5, 5.41) is 13.8. The average Bonchev–Trinajstić information content (AvgIpc) is 3.26. The minimum absolute atomic E-state index is 0.0929. The second kappa shape index (κ2) is 9.00. The number of benzene rings is 3. The van der Waals surface area contributed by atoms with E-state index in [-0.39, 0.29) is 17.7 Å². The number of aromatic nitrogens is 2. The maximum Gasteiger partial charge on any atom is 0.277 e. The van der Waals surface area contributed by atoms with E-state index in [0.717, 1.165) is 27.6 Å². The van der Waals surface area contributed by atoms with E-state index in [4.69, 9.17) is 9.15 Å².